The first kappa shape index (κ1) is 21.2. The van der Waals surface area contributed by atoms with E-state index in [-0.39, 0.29) is 18.2 Å². The van der Waals surface area contributed by atoms with E-state index in [2.05, 4.69) is 12.2 Å². The Morgan fingerprint density at radius 2 is 1.85 bits per heavy atom. The van der Waals surface area contributed by atoms with Crippen molar-refractivity contribution >= 4 is 5.78 Å². The van der Waals surface area contributed by atoms with Gasteiger partial charge >= 0.3 is 0 Å². The minimum Gasteiger partial charge on any atom is -0.389 e. The van der Waals surface area contributed by atoms with E-state index >= 15 is 0 Å². The van der Waals surface area contributed by atoms with Gasteiger partial charge in [0.15, 0.2) is 5.78 Å². The van der Waals surface area contributed by atoms with Crippen molar-refractivity contribution < 1.29 is 19.0 Å². The number of ketones is 1. The predicted molar refractivity (Wildman–Crippen MR) is 104 cm³/mol. The number of ether oxygens (including phenoxy) is 1. The lowest BCUT2D eigenvalue weighted by atomic mass is 10.00. The van der Waals surface area contributed by atoms with Gasteiger partial charge in [0.2, 0.25) is 0 Å². The smallest absolute Gasteiger partial charge is 0.191 e. The molecule has 0 amide bonds. The molecule has 4 nitrogen and oxygen atoms in total. The summed E-state index contributed by atoms with van der Waals surface area (Å²) >= 11 is 0. The Labute approximate surface area is 160 Å². The molecular formula is C22H28FNO3. The first-order chi connectivity index (χ1) is 13.1. The summed E-state index contributed by atoms with van der Waals surface area (Å²) in [5.41, 5.74) is 1.36. The third kappa shape index (κ3) is 7.59. The number of benzene rings is 2. The highest BCUT2D eigenvalue weighted by Crippen LogP contribution is 2.14. The van der Waals surface area contributed by atoms with Crippen LogP contribution < -0.4 is 5.32 Å². The molecule has 0 saturated heterocycles. The van der Waals surface area contributed by atoms with Crippen LogP contribution in [0.2, 0.25) is 0 Å². The Morgan fingerprint density at radius 3 is 2.52 bits per heavy atom. The van der Waals surface area contributed by atoms with Gasteiger partial charge in [-0.25, -0.2) is 4.39 Å². The molecular weight excluding hydrogens is 345 g/mol. The van der Waals surface area contributed by atoms with Gasteiger partial charge in [0, 0.05) is 18.5 Å². The van der Waals surface area contributed by atoms with Crippen molar-refractivity contribution in [1.82, 2.24) is 5.32 Å². The van der Waals surface area contributed by atoms with Crippen LogP contribution in [0.15, 0.2) is 54.6 Å². The number of hydrogen-bond donors (Lipinski definition) is 2. The molecule has 2 rings (SSSR count). The van der Waals surface area contributed by atoms with Crippen molar-refractivity contribution in [2.45, 2.75) is 38.4 Å². The summed E-state index contributed by atoms with van der Waals surface area (Å²) in [5, 5.41) is 13.3. The topological polar surface area (TPSA) is 58.6 Å². The lowest BCUT2D eigenvalue weighted by Gasteiger charge is -2.20. The minimum atomic E-state index is -0.733. The van der Waals surface area contributed by atoms with Crippen molar-refractivity contribution in [1.29, 1.82) is 0 Å². The fraction of sp³-hybridized carbons (Fsp3) is 0.409. The first-order valence-corrected chi connectivity index (χ1v) is 9.44. The van der Waals surface area contributed by atoms with Gasteiger partial charge < -0.3 is 15.2 Å². The number of carbonyl (C=O) groups excluding carboxylic acids is 1. The predicted octanol–water partition coefficient (Wildman–Crippen LogP) is 3.39. The molecule has 0 aliphatic rings. The normalized spacial score (nSPS) is 13.3. The highest BCUT2D eigenvalue weighted by Gasteiger charge is 2.22. The molecule has 0 aromatic heterocycles. The van der Waals surface area contributed by atoms with E-state index in [1.165, 1.54) is 12.1 Å². The molecule has 0 aliphatic heterocycles. The van der Waals surface area contributed by atoms with Crippen molar-refractivity contribution in [2.75, 3.05) is 19.7 Å². The molecule has 5 heteroatoms. The Kier molecular flexibility index (Phi) is 9.11. The van der Waals surface area contributed by atoms with Crippen LogP contribution >= 0.6 is 0 Å². The van der Waals surface area contributed by atoms with E-state index in [0.717, 1.165) is 24.9 Å². The van der Waals surface area contributed by atoms with Gasteiger partial charge in [0.05, 0.1) is 12.7 Å². The number of Topliss-reactive ketones (excluding diaryl/α,β-unsaturated/α-hetero) is 1. The van der Waals surface area contributed by atoms with Gasteiger partial charge in [0.1, 0.15) is 11.9 Å². The average molecular weight is 373 g/mol. The van der Waals surface area contributed by atoms with Crippen molar-refractivity contribution in [3.8, 4) is 0 Å². The summed E-state index contributed by atoms with van der Waals surface area (Å²) in [6.07, 6.45) is 1.03. The minimum absolute atomic E-state index is 0.0591. The van der Waals surface area contributed by atoms with Crippen LogP contribution in [0.3, 0.4) is 0 Å². The Hall–Kier alpha value is -2.08. The highest BCUT2D eigenvalue weighted by molar-refractivity contribution is 5.99. The fourth-order valence-electron chi connectivity index (χ4n) is 2.71. The molecule has 146 valence electrons. The Balaban J connectivity index is 1.98. The molecule has 27 heavy (non-hydrogen) atoms. The molecule has 2 atom stereocenters. The van der Waals surface area contributed by atoms with Crippen molar-refractivity contribution in [2.24, 2.45) is 0 Å². The van der Waals surface area contributed by atoms with E-state index in [1.807, 2.05) is 6.07 Å². The van der Waals surface area contributed by atoms with Gasteiger partial charge in [-0.3, -0.25) is 4.79 Å². The average Bonchev–Trinajstić information content (AvgIpc) is 2.70. The van der Waals surface area contributed by atoms with Gasteiger partial charge in [-0.1, -0.05) is 55.8 Å². The second-order valence-electron chi connectivity index (χ2n) is 6.59. The maximum atomic E-state index is 13.1. The van der Waals surface area contributed by atoms with E-state index in [1.54, 1.807) is 36.4 Å². The molecule has 0 fully saturated rings. The molecule has 2 N–H and O–H groups in total. The van der Waals surface area contributed by atoms with Crippen molar-refractivity contribution in [3.63, 3.8) is 0 Å². The van der Waals surface area contributed by atoms with Gasteiger partial charge in [-0.2, -0.15) is 0 Å². The van der Waals surface area contributed by atoms with E-state index in [0.29, 0.717) is 18.5 Å². The maximum absolute atomic E-state index is 13.1. The van der Waals surface area contributed by atoms with Crippen LogP contribution in [0, 0.1) is 5.82 Å². The number of aliphatic hydroxyl groups excluding tert-OH is 1. The zero-order valence-corrected chi connectivity index (χ0v) is 15.7. The molecule has 0 radical (unpaired) electrons. The second-order valence-corrected chi connectivity index (χ2v) is 6.59. The summed E-state index contributed by atoms with van der Waals surface area (Å²) in [6, 6.07) is 15.0. The molecule has 0 heterocycles. The molecule has 0 saturated carbocycles. The number of carbonyl (C=O) groups is 1. The fourth-order valence-corrected chi connectivity index (χ4v) is 2.71. The van der Waals surface area contributed by atoms with E-state index in [9.17, 15) is 14.3 Å². The van der Waals surface area contributed by atoms with Gasteiger partial charge in [0.25, 0.3) is 0 Å². The first-order valence-electron chi connectivity index (χ1n) is 9.44. The van der Waals surface area contributed by atoms with E-state index < -0.39 is 12.2 Å². The SMILES string of the molecule is CCCCNCC(O)COC(Cc1ccc(F)cc1)C(=O)c1ccccc1. The number of nitrogens with one attached hydrogen (secondary N) is 1. The number of aliphatic hydroxyl groups is 1. The molecule has 0 bridgehead atoms. The lowest BCUT2D eigenvalue weighted by molar-refractivity contribution is -0.00165. The standard InChI is InChI=1S/C22H28FNO3/c1-2-3-13-24-15-20(25)16-27-21(14-17-9-11-19(23)12-10-17)22(26)18-7-5-4-6-8-18/h4-12,20-21,24-25H,2-3,13-16H2,1H3. The molecule has 2 aromatic carbocycles. The summed E-state index contributed by atoms with van der Waals surface area (Å²) in [6.45, 7) is 3.43. The van der Waals surface area contributed by atoms with Gasteiger partial charge in [-0.15, -0.1) is 0 Å². The van der Waals surface area contributed by atoms with Crippen LogP contribution in [0.4, 0.5) is 4.39 Å². The number of hydrogen-bond acceptors (Lipinski definition) is 4. The van der Waals surface area contributed by atoms with Crippen LogP contribution in [-0.4, -0.2) is 42.8 Å². The maximum Gasteiger partial charge on any atom is 0.191 e. The van der Waals surface area contributed by atoms with E-state index in [4.69, 9.17) is 4.74 Å². The Bertz CT molecular complexity index is 676. The lowest BCUT2D eigenvalue weighted by Crippen LogP contribution is -2.35. The summed E-state index contributed by atoms with van der Waals surface area (Å²) in [7, 11) is 0. The third-order valence-corrected chi connectivity index (χ3v) is 4.26. The summed E-state index contributed by atoms with van der Waals surface area (Å²) in [4.78, 5) is 12.8. The van der Waals surface area contributed by atoms with Crippen LogP contribution in [0.5, 0.6) is 0 Å². The number of unbranched alkanes of at least 4 members (excludes halogenated alkanes) is 1. The zero-order valence-electron chi connectivity index (χ0n) is 15.7. The van der Waals surface area contributed by atoms with Crippen molar-refractivity contribution in [3.05, 3.63) is 71.5 Å². The van der Waals surface area contributed by atoms with Gasteiger partial charge in [-0.05, 0) is 30.7 Å². The Morgan fingerprint density at radius 1 is 1.15 bits per heavy atom. The second kappa shape index (κ2) is 11.6. The number of rotatable bonds is 12. The largest absolute Gasteiger partial charge is 0.389 e. The molecule has 0 spiro atoms. The third-order valence-electron chi connectivity index (χ3n) is 4.26. The quantitative estimate of drug-likeness (QED) is 0.442. The molecule has 0 aliphatic carbocycles. The molecule has 2 unspecified atom stereocenters. The molecule has 2 aromatic rings. The summed E-state index contributed by atoms with van der Waals surface area (Å²) in [5.74, 6) is -0.467. The summed E-state index contributed by atoms with van der Waals surface area (Å²) < 4.78 is 18.9. The monoisotopic (exact) mass is 373 g/mol. The van der Waals surface area contributed by atoms with Crippen LogP contribution in [0.25, 0.3) is 0 Å². The zero-order chi connectivity index (χ0) is 19.5. The van der Waals surface area contributed by atoms with Crippen LogP contribution in [0.1, 0.15) is 35.7 Å². The number of halogens is 1. The van der Waals surface area contributed by atoms with Crippen LogP contribution in [-0.2, 0) is 11.2 Å². The highest BCUT2D eigenvalue weighted by atomic mass is 19.1.